The maximum absolute atomic E-state index is 12.7. The van der Waals surface area contributed by atoms with Gasteiger partial charge in [-0.25, -0.2) is 0 Å². The van der Waals surface area contributed by atoms with Crippen LogP contribution < -0.4 is 16.0 Å². The average Bonchev–Trinajstić information content (AvgIpc) is 2.57. The number of anilines is 2. The van der Waals surface area contributed by atoms with Crippen molar-refractivity contribution in [3.63, 3.8) is 0 Å². The Bertz CT molecular complexity index is 564. The number of ether oxygens (including phenoxy) is 1. The summed E-state index contributed by atoms with van der Waals surface area (Å²) in [5.41, 5.74) is 0.960. The third kappa shape index (κ3) is 5.70. The minimum Gasteiger partial charge on any atom is -0.384 e. The van der Waals surface area contributed by atoms with Crippen molar-refractivity contribution < 1.29 is 14.3 Å². The summed E-state index contributed by atoms with van der Waals surface area (Å²) in [5, 5.41) is 9.09. The number of nitrogens with one attached hydrogen (secondary N) is 3. The first-order valence-electron chi connectivity index (χ1n) is 8.39. The zero-order chi connectivity index (χ0) is 17.6. The largest absolute Gasteiger partial charge is 0.384 e. The molecule has 0 unspecified atom stereocenters. The van der Waals surface area contributed by atoms with Gasteiger partial charge in [0.05, 0.1) is 12.0 Å². The highest BCUT2D eigenvalue weighted by molar-refractivity contribution is 5.96. The fraction of sp³-hybridized carbons (Fsp3) is 0.556. The first-order chi connectivity index (χ1) is 11.5. The molecular weight excluding hydrogens is 342 g/mol. The summed E-state index contributed by atoms with van der Waals surface area (Å²) in [7, 11) is 1.63. The molecule has 140 valence electrons. The van der Waals surface area contributed by atoms with Crippen LogP contribution in [0.25, 0.3) is 0 Å². The summed E-state index contributed by atoms with van der Waals surface area (Å²) < 4.78 is 5.29. The molecule has 1 fully saturated rings. The van der Waals surface area contributed by atoms with E-state index in [-0.39, 0.29) is 30.1 Å². The maximum atomic E-state index is 12.7. The van der Waals surface area contributed by atoms with Crippen molar-refractivity contribution in [3.05, 3.63) is 24.3 Å². The molecule has 0 saturated carbocycles. The first kappa shape index (κ1) is 21.4. The lowest BCUT2D eigenvalue weighted by molar-refractivity contribution is -0.130. The van der Waals surface area contributed by atoms with Crippen molar-refractivity contribution in [2.75, 3.05) is 37.4 Å². The molecule has 1 aromatic rings. The highest BCUT2D eigenvalue weighted by Gasteiger charge is 2.39. The average molecular weight is 370 g/mol. The number of halogens is 1. The molecule has 1 heterocycles. The molecule has 2 amide bonds. The molecule has 25 heavy (non-hydrogen) atoms. The van der Waals surface area contributed by atoms with E-state index in [0.717, 1.165) is 37.3 Å². The molecule has 0 aliphatic carbocycles. The van der Waals surface area contributed by atoms with E-state index in [1.54, 1.807) is 31.4 Å². The van der Waals surface area contributed by atoms with Crippen LogP contribution in [-0.4, -0.2) is 38.6 Å². The summed E-state index contributed by atoms with van der Waals surface area (Å²) in [4.78, 5) is 24.4. The lowest BCUT2D eigenvalue weighted by Gasteiger charge is -2.35. The fourth-order valence-electron chi connectivity index (χ4n) is 2.81. The van der Waals surface area contributed by atoms with Gasteiger partial charge in [-0.2, -0.15) is 0 Å². The topological polar surface area (TPSA) is 79.5 Å². The number of hydrogen-bond donors (Lipinski definition) is 3. The number of benzene rings is 1. The Labute approximate surface area is 155 Å². The quantitative estimate of drug-likeness (QED) is 0.720. The van der Waals surface area contributed by atoms with Crippen molar-refractivity contribution >= 4 is 35.6 Å². The number of carbonyl (C=O) groups is 2. The zero-order valence-corrected chi connectivity index (χ0v) is 15.9. The minimum atomic E-state index is -0.482. The number of rotatable bonds is 6. The van der Waals surface area contributed by atoms with E-state index in [1.165, 1.54) is 0 Å². The second-order valence-corrected chi connectivity index (χ2v) is 6.64. The van der Waals surface area contributed by atoms with Crippen LogP contribution in [0.1, 0.15) is 26.7 Å². The zero-order valence-electron chi connectivity index (χ0n) is 15.1. The molecule has 3 N–H and O–H groups in total. The van der Waals surface area contributed by atoms with Crippen LogP contribution in [0.2, 0.25) is 0 Å². The van der Waals surface area contributed by atoms with E-state index in [2.05, 4.69) is 16.0 Å². The molecular formula is C18H28ClN3O3. The number of piperidine rings is 1. The highest BCUT2D eigenvalue weighted by Crippen LogP contribution is 2.31. The van der Waals surface area contributed by atoms with E-state index in [9.17, 15) is 9.59 Å². The van der Waals surface area contributed by atoms with Gasteiger partial charge in [-0.1, -0.05) is 13.8 Å². The van der Waals surface area contributed by atoms with E-state index in [4.69, 9.17) is 4.74 Å². The summed E-state index contributed by atoms with van der Waals surface area (Å²) in [5.74, 6) is -0.108. The maximum Gasteiger partial charge on any atom is 0.233 e. The van der Waals surface area contributed by atoms with E-state index in [1.807, 2.05) is 13.8 Å². The molecule has 0 spiro atoms. The van der Waals surface area contributed by atoms with Gasteiger partial charge < -0.3 is 20.7 Å². The van der Waals surface area contributed by atoms with Crippen molar-refractivity contribution in [2.45, 2.75) is 26.7 Å². The third-order valence-electron chi connectivity index (χ3n) is 4.40. The Morgan fingerprint density at radius 3 is 2.12 bits per heavy atom. The summed E-state index contributed by atoms with van der Waals surface area (Å²) in [6.45, 7) is 5.74. The standard InChI is InChI=1S/C18H27N3O3.ClH/c1-13(2)16(22)20-14-4-6-15(7-5-14)21-17(23)18(12-24-3)8-10-19-11-9-18;/h4-7,13,19H,8-12H2,1-3H3,(H,20,22)(H,21,23);1H. The van der Waals surface area contributed by atoms with Crippen LogP contribution in [0.4, 0.5) is 11.4 Å². The van der Waals surface area contributed by atoms with Gasteiger partial charge >= 0.3 is 0 Å². The van der Waals surface area contributed by atoms with Gasteiger partial charge in [0.15, 0.2) is 0 Å². The van der Waals surface area contributed by atoms with Gasteiger partial charge in [-0.3, -0.25) is 9.59 Å². The van der Waals surface area contributed by atoms with Gasteiger partial charge in [0.2, 0.25) is 11.8 Å². The number of carbonyl (C=O) groups excluding carboxylic acids is 2. The third-order valence-corrected chi connectivity index (χ3v) is 4.40. The molecule has 0 aromatic heterocycles. The van der Waals surface area contributed by atoms with Gasteiger partial charge in [0.1, 0.15) is 0 Å². The lowest BCUT2D eigenvalue weighted by Crippen LogP contribution is -2.47. The molecule has 0 atom stereocenters. The second kappa shape index (κ2) is 9.75. The molecule has 7 heteroatoms. The van der Waals surface area contributed by atoms with Crippen molar-refractivity contribution in [1.29, 1.82) is 0 Å². The lowest BCUT2D eigenvalue weighted by atomic mass is 9.78. The van der Waals surface area contributed by atoms with E-state index < -0.39 is 5.41 Å². The predicted octanol–water partition coefficient (Wildman–Crippen LogP) is 2.66. The molecule has 1 aliphatic rings. The van der Waals surface area contributed by atoms with Crippen LogP contribution in [0.15, 0.2) is 24.3 Å². The van der Waals surface area contributed by atoms with Crippen LogP contribution >= 0.6 is 12.4 Å². The van der Waals surface area contributed by atoms with E-state index >= 15 is 0 Å². The monoisotopic (exact) mass is 369 g/mol. The van der Waals surface area contributed by atoms with Crippen LogP contribution in [0.5, 0.6) is 0 Å². The fourth-order valence-corrected chi connectivity index (χ4v) is 2.81. The normalized spacial score (nSPS) is 16.0. The number of hydrogen-bond acceptors (Lipinski definition) is 4. The Balaban J connectivity index is 0.00000312. The first-order valence-corrected chi connectivity index (χ1v) is 8.39. The van der Waals surface area contributed by atoms with Gasteiger partial charge in [-0.15, -0.1) is 12.4 Å². The Kier molecular flexibility index (Phi) is 8.35. The van der Waals surface area contributed by atoms with Gasteiger partial charge in [-0.05, 0) is 50.2 Å². The molecule has 6 nitrogen and oxygen atoms in total. The molecule has 0 bridgehead atoms. The van der Waals surface area contributed by atoms with Crippen LogP contribution in [-0.2, 0) is 14.3 Å². The number of methoxy groups -OCH3 is 1. The molecule has 2 rings (SSSR count). The molecule has 1 saturated heterocycles. The Hall–Kier alpha value is -1.63. The molecule has 1 aromatic carbocycles. The summed E-state index contributed by atoms with van der Waals surface area (Å²) in [6.07, 6.45) is 1.52. The smallest absolute Gasteiger partial charge is 0.233 e. The van der Waals surface area contributed by atoms with Gasteiger partial charge in [0, 0.05) is 24.4 Å². The molecule has 0 radical (unpaired) electrons. The highest BCUT2D eigenvalue weighted by atomic mass is 35.5. The Morgan fingerprint density at radius 1 is 1.12 bits per heavy atom. The number of amides is 2. The van der Waals surface area contributed by atoms with E-state index in [0.29, 0.717) is 6.61 Å². The minimum absolute atomic E-state index is 0. The summed E-state index contributed by atoms with van der Waals surface area (Å²) >= 11 is 0. The molecule has 1 aliphatic heterocycles. The van der Waals surface area contributed by atoms with Crippen LogP contribution in [0.3, 0.4) is 0 Å². The van der Waals surface area contributed by atoms with Crippen molar-refractivity contribution in [3.8, 4) is 0 Å². The second-order valence-electron chi connectivity index (χ2n) is 6.64. The van der Waals surface area contributed by atoms with Crippen molar-refractivity contribution in [1.82, 2.24) is 5.32 Å². The van der Waals surface area contributed by atoms with Gasteiger partial charge in [0.25, 0.3) is 0 Å². The summed E-state index contributed by atoms with van der Waals surface area (Å²) in [6, 6.07) is 7.19. The SMILES string of the molecule is COCC1(C(=O)Nc2ccc(NC(=O)C(C)C)cc2)CCNCC1.Cl. The predicted molar refractivity (Wildman–Crippen MR) is 102 cm³/mol. The Morgan fingerprint density at radius 2 is 1.64 bits per heavy atom. The van der Waals surface area contributed by atoms with Crippen molar-refractivity contribution in [2.24, 2.45) is 11.3 Å². The van der Waals surface area contributed by atoms with Crippen LogP contribution in [0, 0.1) is 11.3 Å².